The largest absolute Gasteiger partial charge is 0.489 e. The van der Waals surface area contributed by atoms with Crippen molar-refractivity contribution < 1.29 is 38.6 Å². The first-order chi connectivity index (χ1) is 19.3. The highest BCUT2D eigenvalue weighted by molar-refractivity contribution is 6.00. The molecule has 4 rings (SSSR count). The van der Waals surface area contributed by atoms with Crippen LogP contribution >= 0.6 is 0 Å². The number of ether oxygens (including phenoxy) is 1. The van der Waals surface area contributed by atoms with Crippen molar-refractivity contribution in [2.45, 2.75) is 56.8 Å². The highest BCUT2D eigenvalue weighted by Gasteiger charge is 2.45. The highest BCUT2D eigenvalue weighted by Crippen LogP contribution is 2.25. The maximum Gasteiger partial charge on any atom is 0.305 e. The van der Waals surface area contributed by atoms with Gasteiger partial charge in [0.15, 0.2) is 0 Å². The lowest BCUT2D eigenvalue weighted by Gasteiger charge is -2.43. The van der Waals surface area contributed by atoms with Crippen LogP contribution in [0.1, 0.15) is 48.0 Å². The summed E-state index contributed by atoms with van der Waals surface area (Å²) in [4.78, 5) is 74.7. The second-order valence-electron chi connectivity index (χ2n) is 9.57. The van der Waals surface area contributed by atoms with Crippen LogP contribution in [0, 0.1) is 0 Å². The third-order valence-electron chi connectivity index (χ3n) is 6.72. The third-order valence-corrected chi connectivity index (χ3v) is 6.72. The molecule has 2 aliphatic heterocycles. The van der Waals surface area contributed by atoms with Gasteiger partial charge < -0.3 is 25.3 Å². The molecule has 0 unspecified atom stereocenters. The molecular formula is C28H30N4O8. The zero-order chi connectivity index (χ0) is 28.6. The molecule has 0 bridgehead atoms. The van der Waals surface area contributed by atoms with Gasteiger partial charge in [0.05, 0.1) is 12.5 Å². The standard InChI is InChI=1S/C28H30N4O8/c33-16-20(15-25(35)36)29-27(38)23-7-4-14-31-24(34)13-12-22(28(39)32(23)31)30-26(37)19-8-10-21(11-9-19)40-17-18-5-2-1-3-6-18/h1-3,5-6,8-11,16,20,22-23H,4,7,12-15,17H2,(H,29,38)(H,30,37)(H,35,36)/t20-,22-,23-/m0/s1. The topological polar surface area (TPSA) is 162 Å². The van der Waals surface area contributed by atoms with Gasteiger partial charge >= 0.3 is 5.97 Å². The Balaban J connectivity index is 1.43. The van der Waals surface area contributed by atoms with Gasteiger partial charge in [0, 0.05) is 18.5 Å². The van der Waals surface area contributed by atoms with Crippen LogP contribution in [0.3, 0.4) is 0 Å². The number of fused-ring (bicyclic) bond motifs is 1. The molecule has 0 saturated carbocycles. The van der Waals surface area contributed by atoms with Crippen LogP contribution in [-0.2, 0) is 30.6 Å². The van der Waals surface area contributed by atoms with E-state index < -0.39 is 48.2 Å². The van der Waals surface area contributed by atoms with Crippen molar-refractivity contribution in [2.75, 3.05) is 6.54 Å². The van der Waals surface area contributed by atoms with Crippen LogP contribution in [0.5, 0.6) is 5.75 Å². The first-order valence-corrected chi connectivity index (χ1v) is 12.9. The molecule has 2 saturated heterocycles. The molecule has 210 valence electrons. The number of carboxylic acid groups (broad SMARTS) is 1. The summed E-state index contributed by atoms with van der Waals surface area (Å²) in [6.45, 7) is 0.577. The summed E-state index contributed by atoms with van der Waals surface area (Å²) in [5.41, 5.74) is 1.27. The number of hydrogen-bond donors (Lipinski definition) is 3. The number of aliphatic carboxylic acids is 1. The first kappa shape index (κ1) is 28.3. The molecule has 2 aromatic carbocycles. The molecule has 3 atom stereocenters. The summed E-state index contributed by atoms with van der Waals surface area (Å²) in [6, 6.07) is 12.5. The van der Waals surface area contributed by atoms with Gasteiger partial charge in [-0.1, -0.05) is 30.3 Å². The maximum absolute atomic E-state index is 13.6. The van der Waals surface area contributed by atoms with Gasteiger partial charge in [0.2, 0.25) is 11.8 Å². The smallest absolute Gasteiger partial charge is 0.305 e. The van der Waals surface area contributed by atoms with E-state index in [1.165, 1.54) is 5.01 Å². The monoisotopic (exact) mass is 550 g/mol. The normalized spacial score (nSPS) is 19.6. The Morgan fingerprint density at radius 1 is 1.05 bits per heavy atom. The van der Waals surface area contributed by atoms with Crippen LogP contribution in [0.15, 0.2) is 54.6 Å². The summed E-state index contributed by atoms with van der Waals surface area (Å²) >= 11 is 0. The number of rotatable bonds is 10. The first-order valence-electron chi connectivity index (χ1n) is 12.9. The number of carbonyl (C=O) groups excluding carboxylic acids is 5. The van der Waals surface area contributed by atoms with Crippen molar-refractivity contribution in [3.8, 4) is 5.75 Å². The number of benzene rings is 2. The lowest BCUT2D eigenvalue weighted by molar-refractivity contribution is -0.176. The summed E-state index contributed by atoms with van der Waals surface area (Å²) in [5.74, 6) is -3.01. The summed E-state index contributed by atoms with van der Waals surface area (Å²) in [7, 11) is 0. The van der Waals surface area contributed by atoms with Gasteiger partial charge in [-0.25, -0.2) is 5.01 Å². The fraction of sp³-hybridized carbons (Fsp3) is 0.357. The Bertz CT molecular complexity index is 1270. The van der Waals surface area contributed by atoms with Gasteiger partial charge in [0.1, 0.15) is 30.7 Å². The maximum atomic E-state index is 13.6. The summed E-state index contributed by atoms with van der Waals surface area (Å²) in [6.07, 6.45) is 0.332. The van der Waals surface area contributed by atoms with E-state index >= 15 is 0 Å². The molecule has 12 nitrogen and oxygen atoms in total. The second-order valence-corrected chi connectivity index (χ2v) is 9.57. The molecule has 0 aromatic heterocycles. The predicted molar refractivity (Wildman–Crippen MR) is 140 cm³/mol. The predicted octanol–water partition coefficient (Wildman–Crippen LogP) is 1.05. The number of hydrogen-bond acceptors (Lipinski definition) is 7. The van der Waals surface area contributed by atoms with Crippen molar-refractivity contribution in [2.24, 2.45) is 0 Å². The number of aldehydes is 1. The van der Waals surface area contributed by atoms with Crippen molar-refractivity contribution in [3.05, 3.63) is 65.7 Å². The van der Waals surface area contributed by atoms with E-state index in [-0.39, 0.29) is 37.3 Å². The number of hydrazine groups is 1. The molecule has 0 spiro atoms. The fourth-order valence-electron chi connectivity index (χ4n) is 4.69. The molecular weight excluding hydrogens is 520 g/mol. The Labute approximate surface area is 230 Å². The molecule has 2 heterocycles. The number of carboxylic acids is 1. The summed E-state index contributed by atoms with van der Waals surface area (Å²) in [5, 5.41) is 16.2. The Kier molecular flexibility index (Phi) is 9.10. The Morgan fingerprint density at radius 3 is 2.45 bits per heavy atom. The molecule has 4 amide bonds. The van der Waals surface area contributed by atoms with E-state index in [9.17, 15) is 28.8 Å². The minimum atomic E-state index is -1.28. The van der Waals surface area contributed by atoms with Crippen molar-refractivity contribution >= 4 is 35.9 Å². The molecule has 2 fully saturated rings. The average Bonchev–Trinajstić information content (AvgIpc) is 3.08. The Morgan fingerprint density at radius 2 is 1.77 bits per heavy atom. The van der Waals surface area contributed by atoms with E-state index in [0.717, 1.165) is 10.6 Å². The average molecular weight is 551 g/mol. The quantitative estimate of drug-likeness (QED) is 0.370. The molecule has 0 radical (unpaired) electrons. The van der Waals surface area contributed by atoms with Gasteiger partial charge in [0.25, 0.3) is 11.8 Å². The van der Waals surface area contributed by atoms with Crippen LogP contribution < -0.4 is 15.4 Å². The zero-order valence-corrected chi connectivity index (χ0v) is 21.7. The lowest BCUT2D eigenvalue weighted by atomic mass is 10.0. The second kappa shape index (κ2) is 12.9. The SMILES string of the molecule is O=C[C@H](CC(=O)O)NC(=O)[C@@H]1CCCN2C(=O)CC[C@H](NC(=O)c3ccc(OCc4ccccc4)cc3)C(=O)N12. The van der Waals surface area contributed by atoms with Crippen LogP contribution in [0.2, 0.25) is 0 Å². The van der Waals surface area contributed by atoms with Gasteiger partial charge in [-0.15, -0.1) is 0 Å². The van der Waals surface area contributed by atoms with Crippen molar-refractivity contribution in [3.63, 3.8) is 0 Å². The molecule has 3 N–H and O–H groups in total. The molecule has 2 aliphatic rings. The zero-order valence-electron chi connectivity index (χ0n) is 21.7. The van der Waals surface area contributed by atoms with Gasteiger partial charge in [-0.3, -0.25) is 29.0 Å². The van der Waals surface area contributed by atoms with E-state index in [1.54, 1.807) is 24.3 Å². The Hall–Kier alpha value is -4.74. The van der Waals surface area contributed by atoms with E-state index in [1.807, 2.05) is 30.3 Å². The molecule has 40 heavy (non-hydrogen) atoms. The van der Waals surface area contributed by atoms with Crippen molar-refractivity contribution in [1.82, 2.24) is 20.7 Å². The van der Waals surface area contributed by atoms with Gasteiger partial charge in [-0.2, -0.15) is 0 Å². The van der Waals surface area contributed by atoms with Crippen molar-refractivity contribution in [1.29, 1.82) is 0 Å². The van der Waals surface area contributed by atoms with Crippen LogP contribution in [0.25, 0.3) is 0 Å². The number of amides is 4. The highest BCUT2D eigenvalue weighted by atomic mass is 16.5. The molecule has 12 heteroatoms. The molecule has 0 aliphatic carbocycles. The number of carbonyl (C=O) groups is 6. The van der Waals surface area contributed by atoms with Crippen LogP contribution in [0.4, 0.5) is 0 Å². The lowest BCUT2D eigenvalue weighted by Crippen LogP contribution is -2.64. The third kappa shape index (κ3) is 6.82. The van der Waals surface area contributed by atoms with E-state index in [2.05, 4.69) is 10.6 Å². The van der Waals surface area contributed by atoms with E-state index in [0.29, 0.717) is 25.1 Å². The number of nitrogens with one attached hydrogen (secondary N) is 2. The fourth-order valence-corrected chi connectivity index (χ4v) is 4.69. The summed E-state index contributed by atoms with van der Waals surface area (Å²) < 4.78 is 5.74. The van der Waals surface area contributed by atoms with E-state index in [4.69, 9.17) is 9.84 Å². The van der Waals surface area contributed by atoms with Gasteiger partial charge in [-0.05, 0) is 49.1 Å². The minimum absolute atomic E-state index is 0.0240. The number of nitrogens with zero attached hydrogens (tertiary/aromatic N) is 2. The molecule has 2 aromatic rings. The minimum Gasteiger partial charge on any atom is -0.489 e. The van der Waals surface area contributed by atoms with Crippen LogP contribution in [-0.4, -0.2) is 75.7 Å².